The molecule has 3 fully saturated rings. The lowest BCUT2D eigenvalue weighted by Gasteiger charge is -2.23. The Balaban J connectivity index is 0.000000138. The van der Waals surface area contributed by atoms with E-state index < -0.39 is 11.9 Å². The minimum absolute atomic E-state index is 0.0240. The van der Waals surface area contributed by atoms with Gasteiger partial charge in [-0.1, -0.05) is 168 Å². The van der Waals surface area contributed by atoms with Crippen LogP contribution >= 0.6 is 108 Å². The number of methoxy groups -OCH3 is 3. The molecule has 6 aromatic carbocycles. The maximum absolute atomic E-state index is 13.4. The highest BCUT2D eigenvalue weighted by atomic mass is 79.9. The van der Waals surface area contributed by atoms with Gasteiger partial charge in [0, 0.05) is 52.2 Å². The first kappa shape index (κ1) is 67.3. The fraction of sp³-hybridized carbons (Fsp3) is 0.171. The molecular weight excluding hydrogens is 1390 g/mol. The van der Waals surface area contributed by atoms with Crippen LogP contribution in [0.4, 0.5) is 17.1 Å². The topological polar surface area (TPSA) is 169 Å². The fourth-order valence-corrected chi connectivity index (χ4v) is 15.3. The number of carbonyl (C=O) groups excluding carboxylic acids is 5. The van der Waals surface area contributed by atoms with Gasteiger partial charge in [-0.25, -0.2) is 19.2 Å². The molecule has 0 aliphatic heterocycles. The molecule has 0 bridgehead atoms. The Morgan fingerprint density at radius 1 is 0.446 bits per heavy atom. The van der Waals surface area contributed by atoms with Crippen molar-refractivity contribution in [3.8, 4) is 41.8 Å². The molecule has 3 aliphatic rings. The molecule has 2 amide bonds. The maximum atomic E-state index is 13.4. The van der Waals surface area contributed by atoms with E-state index in [4.69, 9.17) is 60.6 Å². The molecular formula is C70H56BrCl4N3O10S4. The Labute approximate surface area is 575 Å². The zero-order valence-corrected chi connectivity index (χ0v) is 57.2. The molecule has 3 aliphatic carbocycles. The Kier molecular flexibility index (Phi) is 22.6. The highest BCUT2D eigenvalue weighted by molar-refractivity contribution is 9.10. The van der Waals surface area contributed by atoms with E-state index in [9.17, 15) is 33.9 Å². The predicted octanol–water partition coefficient (Wildman–Crippen LogP) is 20.3. The number of hydrogen-bond donors (Lipinski definition) is 2. The number of nitrogens with zero attached hydrogens (tertiary/aromatic N) is 2. The summed E-state index contributed by atoms with van der Waals surface area (Å²) in [6.07, 6.45) is 5.75. The number of carboxylic acids is 1. The highest BCUT2D eigenvalue weighted by Gasteiger charge is 2.40. The molecule has 0 saturated heterocycles. The second-order valence-corrected chi connectivity index (χ2v) is 27.8. The van der Waals surface area contributed by atoms with Crippen LogP contribution in [0, 0.1) is 0 Å². The van der Waals surface area contributed by atoms with Gasteiger partial charge in [-0.15, -0.1) is 45.3 Å². The van der Waals surface area contributed by atoms with Crippen LogP contribution < -0.4 is 15.1 Å². The number of amides is 2. The van der Waals surface area contributed by atoms with Gasteiger partial charge in [0.05, 0.1) is 59.6 Å². The quantitative estimate of drug-likeness (QED) is 0.0697. The summed E-state index contributed by atoms with van der Waals surface area (Å²) in [6.45, 7) is 0. The monoisotopic (exact) mass is 1450 g/mol. The first-order valence-electron chi connectivity index (χ1n) is 28.7. The molecule has 13 rings (SSSR count). The van der Waals surface area contributed by atoms with E-state index in [0.717, 1.165) is 77.6 Å². The van der Waals surface area contributed by atoms with Gasteiger partial charge in [-0.3, -0.25) is 9.59 Å². The summed E-state index contributed by atoms with van der Waals surface area (Å²) in [5, 5.41) is 14.6. The molecule has 0 unspecified atom stereocenters. The van der Waals surface area contributed by atoms with Gasteiger partial charge in [0.1, 0.15) is 19.5 Å². The average molecular weight is 1450 g/mol. The molecule has 3 saturated carbocycles. The van der Waals surface area contributed by atoms with Crippen LogP contribution in [0.25, 0.3) is 41.8 Å². The number of aromatic carboxylic acids is 1. The lowest BCUT2D eigenvalue weighted by molar-refractivity contribution is 0.0597. The maximum Gasteiger partial charge on any atom is 0.350 e. The van der Waals surface area contributed by atoms with E-state index >= 15 is 0 Å². The minimum atomic E-state index is -1.05. The highest BCUT2D eigenvalue weighted by Crippen LogP contribution is 2.45. The van der Waals surface area contributed by atoms with Crippen molar-refractivity contribution in [1.82, 2.24) is 0 Å². The van der Waals surface area contributed by atoms with E-state index in [1.54, 1.807) is 46.2 Å². The van der Waals surface area contributed by atoms with E-state index in [0.29, 0.717) is 53.2 Å². The van der Waals surface area contributed by atoms with Crippen molar-refractivity contribution in [2.24, 2.45) is 0 Å². The summed E-state index contributed by atoms with van der Waals surface area (Å²) in [4.78, 5) is 83.3. The lowest BCUT2D eigenvalue weighted by Crippen LogP contribution is -2.34. The summed E-state index contributed by atoms with van der Waals surface area (Å²) in [5.74, 6) is -2.66. The van der Waals surface area contributed by atoms with Crippen LogP contribution in [0.15, 0.2) is 186 Å². The van der Waals surface area contributed by atoms with Crippen molar-refractivity contribution >= 4 is 160 Å². The number of thiophene rings is 4. The smallest absolute Gasteiger partial charge is 0.350 e. The third kappa shape index (κ3) is 16.6. The molecule has 0 atom stereocenters. The number of nitrogens with one attached hydrogen (secondary N) is 1. The van der Waals surface area contributed by atoms with E-state index in [1.165, 1.54) is 85.6 Å². The number of rotatable bonds is 16. The van der Waals surface area contributed by atoms with Crippen molar-refractivity contribution in [2.45, 2.75) is 56.7 Å². The van der Waals surface area contributed by atoms with Crippen molar-refractivity contribution in [2.75, 3.05) is 36.4 Å². The van der Waals surface area contributed by atoms with Crippen LogP contribution in [0.1, 0.15) is 97.9 Å². The molecule has 0 spiro atoms. The van der Waals surface area contributed by atoms with Gasteiger partial charge >= 0.3 is 23.9 Å². The molecule has 92 heavy (non-hydrogen) atoms. The SMILES string of the molecule is COC(=O)c1sc(-c2ccccc2)cc1Br.COC(=O)c1sc(-c2ccccc2)cc1N(C(=O)c1ccc(Cl)cc1Cl)C1CC1.COC(=O)c1sc(-c2ccccc2)cc1NC1CC1.O=C(O)c1sc(-c2ccccc2)cc1N(C(=O)c1ccc(Cl)cc1Cl)C1CC1. The second-order valence-electron chi connectivity index (χ2n) is 21.0. The number of carbonyl (C=O) groups is 6. The van der Waals surface area contributed by atoms with Gasteiger partial charge in [0.2, 0.25) is 0 Å². The normalized spacial score (nSPS) is 12.9. The fourth-order valence-electron chi connectivity index (χ4n) is 9.48. The Hall–Kier alpha value is -7.62. The number of hydrogen-bond acceptors (Lipinski definition) is 14. The van der Waals surface area contributed by atoms with Gasteiger partial charge in [0.25, 0.3) is 11.8 Å². The zero-order valence-electron chi connectivity index (χ0n) is 49.3. The van der Waals surface area contributed by atoms with Crippen molar-refractivity contribution in [3.05, 3.63) is 237 Å². The number of carboxylic acid groups (broad SMARTS) is 1. The molecule has 4 aromatic heterocycles. The Bertz CT molecular complexity index is 4310. The largest absolute Gasteiger partial charge is 0.477 e. The van der Waals surface area contributed by atoms with Crippen LogP contribution in [0.3, 0.4) is 0 Å². The van der Waals surface area contributed by atoms with Crippen LogP contribution in [0.2, 0.25) is 20.1 Å². The van der Waals surface area contributed by atoms with E-state index in [1.807, 2.05) is 140 Å². The zero-order chi connectivity index (χ0) is 65.2. The third-order valence-corrected chi connectivity index (χ3v) is 21.1. The summed E-state index contributed by atoms with van der Waals surface area (Å²) in [5.41, 5.74) is 6.64. The number of halogens is 5. The molecule has 4 heterocycles. The van der Waals surface area contributed by atoms with E-state index in [-0.39, 0.29) is 50.8 Å². The molecule has 10 aromatic rings. The van der Waals surface area contributed by atoms with Gasteiger partial charge in [-0.2, -0.15) is 0 Å². The third-order valence-electron chi connectivity index (χ3n) is 14.4. The molecule has 2 N–H and O–H groups in total. The summed E-state index contributed by atoms with van der Waals surface area (Å²) in [7, 11) is 4.15. The lowest BCUT2D eigenvalue weighted by atomic mass is 10.1. The average Bonchev–Trinajstić information content (AvgIpc) is 1.63. The van der Waals surface area contributed by atoms with Crippen molar-refractivity contribution in [1.29, 1.82) is 0 Å². The molecule has 470 valence electrons. The second kappa shape index (κ2) is 30.9. The minimum Gasteiger partial charge on any atom is -0.477 e. The first-order chi connectivity index (χ1) is 44.4. The Morgan fingerprint density at radius 3 is 1.17 bits per heavy atom. The van der Waals surface area contributed by atoms with Crippen molar-refractivity contribution < 1.29 is 48.1 Å². The van der Waals surface area contributed by atoms with Gasteiger partial charge in [-0.05, 0) is 137 Å². The molecule has 22 heteroatoms. The summed E-state index contributed by atoms with van der Waals surface area (Å²) < 4.78 is 15.3. The van der Waals surface area contributed by atoms with E-state index in [2.05, 4.69) is 21.2 Å². The summed E-state index contributed by atoms with van der Waals surface area (Å²) >= 11 is 33.2. The predicted molar refractivity (Wildman–Crippen MR) is 377 cm³/mol. The summed E-state index contributed by atoms with van der Waals surface area (Å²) in [6, 6.07) is 56.9. The molecule has 13 nitrogen and oxygen atoms in total. The first-order valence-corrected chi connectivity index (χ1v) is 34.3. The Morgan fingerprint density at radius 2 is 0.793 bits per heavy atom. The van der Waals surface area contributed by atoms with Crippen LogP contribution in [0.5, 0.6) is 0 Å². The van der Waals surface area contributed by atoms with Crippen molar-refractivity contribution in [3.63, 3.8) is 0 Å². The van der Waals surface area contributed by atoms with Gasteiger partial charge < -0.3 is 34.4 Å². The number of esters is 3. The van der Waals surface area contributed by atoms with Gasteiger partial charge in [0.15, 0.2) is 0 Å². The number of benzene rings is 6. The standard InChI is InChI=1S/C22H17Cl2NO3S.C21H15Cl2NO3S.C15H15NO2S.C12H9BrO2S/c1-28-22(27)20-18(12-19(29-20)13-5-3-2-4-6-13)25(15-8-9-15)21(26)16-10-7-14(23)11-17(16)24;22-13-6-9-15(16(23)10-13)20(25)24(14-7-8-14)17-11-18(28-19(17)21(26)27)12-4-2-1-3-5-12;1-18-15(17)14-12(16-11-7-8-11)9-13(19-14)10-5-3-2-4-6-10;1-15-12(14)11-9(13)7-10(16-11)8-5-3-2-4-6-8/h2-7,10-12,15H,8-9H2,1H3;1-6,9-11,14H,7-8H2,(H,26,27);2-6,9,11,16H,7-8H2,1H3;2-7H,1H3. The number of anilines is 3. The molecule has 0 radical (unpaired) electrons. The number of ether oxygens (including phenoxy) is 3. The van der Waals surface area contributed by atoms with Crippen LogP contribution in [-0.4, -0.2) is 80.3 Å². The van der Waals surface area contributed by atoms with Crippen LogP contribution in [-0.2, 0) is 14.2 Å².